The normalized spacial score (nSPS) is 14.9. The van der Waals surface area contributed by atoms with E-state index in [2.05, 4.69) is 15.4 Å². The smallest absolute Gasteiger partial charge is 0.408 e. The Hall–Kier alpha value is -3.34. The van der Waals surface area contributed by atoms with E-state index in [0.29, 0.717) is 49.5 Å². The highest BCUT2D eigenvalue weighted by molar-refractivity contribution is 5.98. The van der Waals surface area contributed by atoms with Gasteiger partial charge in [-0.05, 0) is 24.6 Å². The number of anilines is 2. The number of aromatic nitrogens is 3. The maximum Gasteiger partial charge on any atom is 0.408 e. The number of hydrogen-bond acceptors (Lipinski definition) is 6. The van der Waals surface area contributed by atoms with Crippen molar-refractivity contribution < 1.29 is 27.4 Å². The maximum absolute atomic E-state index is 13.2. The SMILES string of the molecule is COc1ccccc1Nc1nn(CC(F)(F)F)c2cc(C(=O)N3CCCOCC3)ncc12. The van der Waals surface area contributed by atoms with Gasteiger partial charge in [0.2, 0.25) is 0 Å². The molecule has 0 spiro atoms. The van der Waals surface area contributed by atoms with Crippen molar-refractivity contribution in [3.63, 3.8) is 0 Å². The second kappa shape index (κ2) is 9.03. The van der Waals surface area contributed by atoms with Gasteiger partial charge in [-0.2, -0.15) is 18.3 Å². The number of benzene rings is 1. The van der Waals surface area contributed by atoms with Crippen LogP contribution in [0.2, 0.25) is 0 Å². The number of rotatable bonds is 5. The van der Waals surface area contributed by atoms with E-state index >= 15 is 0 Å². The van der Waals surface area contributed by atoms with Crippen molar-refractivity contribution in [3.8, 4) is 5.75 Å². The molecule has 0 unspecified atom stereocenters. The largest absolute Gasteiger partial charge is 0.495 e. The average molecular weight is 449 g/mol. The van der Waals surface area contributed by atoms with Crippen LogP contribution in [0.4, 0.5) is 24.7 Å². The third-order valence-electron chi connectivity index (χ3n) is 5.05. The minimum absolute atomic E-state index is 0.0616. The number of amides is 1. The lowest BCUT2D eigenvalue weighted by molar-refractivity contribution is -0.141. The summed E-state index contributed by atoms with van der Waals surface area (Å²) >= 11 is 0. The molecule has 0 saturated carbocycles. The zero-order valence-corrected chi connectivity index (χ0v) is 17.4. The highest BCUT2D eigenvalue weighted by atomic mass is 19.4. The summed E-state index contributed by atoms with van der Waals surface area (Å²) in [6, 6.07) is 8.34. The minimum Gasteiger partial charge on any atom is -0.495 e. The van der Waals surface area contributed by atoms with E-state index in [1.54, 1.807) is 29.2 Å². The second-order valence-electron chi connectivity index (χ2n) is 7.29. The van der Waals surface area contributed by atoms with Crippen LogP contribution in [0.25, 0.3) is 10.9 Å². The molecule has 1 saturated heterocycles. The number of carbonyl (C=O) groups is 1. The summed E-state index contributed by atoms with van der Waals surface area (Å²) < 4.78 is 51.1. The van der Waals surface area contributed by atoms with Gasteiger partial charge in [0.25, 0.3) is 5.91 Å². The molecule has 1 amide bonds. The van der Waals surface area contributed by atoms with Gasteiger partial charge in [-0.25, -0.2) is 0 Å². The van der Waals surface area contributed by atoms with E-state index < -0.39 is 12.7 Å². The first-order valence-corrected chi connectivity index (χ1v) is 10.1. The summed E-state index contributed by atoms with van der Waals surface area (Å²) in [7, 11) is 1.49. The molecule has 8 nitrogen and oxygen atoms in total. The third-order valence-corrected chi connectivity index (χ3v) is 5.05. The van der Waals surface area contributed by atoms with Gasteiger partial charge in [-0.3, -0.25) is 14.5 Å². The Labute approximate surface area is 181 Å². The van der Waals surface area contributed by atoms with Crippen molar-refractivity contribution in [3.05, 3.63) is 42.2 Å². The molecular weight excluding hydrogens is 427 g/mol. The average Bonchev–Trinajstić information content (AvgIpc) is 2.94. The van der Waals surface area contributed by atoms with Gasteiger partial charge in [0.1, 0.15) is 18.0 Å². The van der Waals surface area contributed by atoms with E-state index in [1.165, 1.54) is 19.4 Å². The number of pyridine rings is 1. The van der Waals surface area contributed by atoms with Crippen LogP contribution in [0.3, 0.4) is 0 Å². The summed E-state index contributed by atoms with van der Waals surface area (Å²) in [4.78, 5) is 18.7. The molecule has 11 heteroatoms. The van der Waals surface area contributed by atoms with Gasteiger partial charge in [0.15, 0.2) is 5.82 Å². The molecule has 170 valence electrons. The molecule has 3 heterocycles. The zero-order chi connectivity index (χ0) is 22.7. The van der Waals surface area contributed by atoms with Crippen LogP contribution in [-0.2, 0) is 11.3 Å². The molecule has 1 aliphatic heterocycles. The standard InChI is InChI=1S/C21H22F3N5O3/c1-31-18-6-3-2-5-15(18)26-19-14-12-25-16(20(30)28-7-4-9-32-10-8-28)11-17(14)29(27-19)13-21(22,23)24/h2-3,5-6,11-12H,4,7-10,13H2,1H3,(H,26,27). The number of nitrogens with one attached hydrogen (secondary N) is 1. The van der Waals surface area contributed by atoms with Crippen molar-refractivity contribution in [2.45, 2.75) is 19.1 Å². The van der Waals surface area contributed by atoms with Crippen molar-refractivity contribution in [2.75, 3.05) is 38.7 Å². The van der Waals surface area contributed by atoms with Gasteiger partial charge in [0.05, 0.1) is 30.3 Å². The third kappa shape index (κ3) is 4.77. The molecule has 2 aromatic heterocycles. The predicted octanol–water partition coefficient (Wildman–Crippen LogP) is 3.61. The van der Waals surface area contributed by atoms with Gasteiger partial charge >= 0.3 is 6.18 Å². The first kappa shape index (κ1) is 21.9. The van der Waals surface area contributed by atoms with Crippen molar-refractivity contribution in [2.24, 2.45) is 0 Å². The Morgan fingerprint density at radius 1 is 1.25 bits per heavy atom. The van der Waals surface area contributed by atoms with Crippen LogP contribution in [-0.4, -0.2) is 65.2 Å². The number of halogens is 3. The van der Waals surface area contributed by atoms with E-state index in [1.807, 2.05) is 0 Å². The molecular formula is C21H22F3N5O3. The van der Waals surface area contributed by atoms with E-state index in [4.69, 9.17) is 9.47 Å². The van der Waals surface area contributed by atoms with Gasteiger partial charge in [0, 0.05) is 25.9 Å². The lowest BCUT2D eigenvalue weighted by atomic mass is 10.2. The summed E-state index contributed by atoms with van der Waals surface area (Å²) in [6.45, 7) is 0.577. The number of ether oxygens (including phenoxy) is 2. The highest BCUT2D eigenvalue weighted by Gasteiger charge is 2.30. The summed E-state index contributed by atoms with van der Waals surface area (Å²) in [5.74, 6) is 0.342. The molecule has 1 aromatic carbocycles. The Balaban J connectivity index is 1.73. The van der Waals surface area contributed by atoms with E-state index in [0.717, 1.165) is 4.68 Å². The van der Waals surface area contributed by atoms with Crippen LogP contribution < -0.4 is 10.1 Å². The van der Waals surface area contributed by atoms with Crippen molar-refractivity contribution >= 4 is 28.3 Å². The first-order chi connectivity index (χ1) is 15.4. The summed E-state index contributed by atoms with van der Waals surface area (Å²) in [5.41, 5.74) is 0.758. The number of fused-ring (bicyclic) bond motifs is 1. The molecule has 0 aliphatic carbocycles. The van der Waals surface area contributed by atoms with Crippen molar-refractivity contribution in [1.29, 1.82) is 0 Å². The Kier molecular flexibility index (Phi) is 6.17. The molecule has 3 aromatic rings. The Morgan fingerprint density at radius 3 is 2.84 bits per heavy atom. The Morgan fingerprint density at radius 2 is 2.06 bits per heavy atom. The number of nitrogens with zero attached hydrogens (tertiary/aromatic N) is 4. The van der Waals surface area contributed by atoms with Crippen LogP contribution >= 0.6 is 0 Å². The summed E-state index contributed by atoms with van der Waals surface area (Å²) in [6.07, 6.45) is -2.43. The molecule has 0 atom stereocenters. The first-order valence-electron chi connectivity index (χ1n) is 10.1. The number of methoxy groups -OCH3 is 1. The van der Waals surface area contributed by atoms with Crippen LogP contribution in [0.15, 0.2) is 36.5 Å². The lowest BCUT2D eigenvalue weighted by Gasteiger charge is -2.19. The predicted molar refractivity (Wildman–Crippen MR) is 111 cm³/mol. The van der Waals surface area contributed by atoms with Gasteiger partial charge < -0.3 is 19.7 Å². The van der Waals surface area contributed by atoms with Gasteiger partial charge in [-0.1, -0.05) is 12.1 Å². The molecule has 32 heavy (non-hydrogen) atoms. The number of para-hydroxylation sites is 2. The van der Waals surface area contributed by atoms with Crippen molar-refractivity contribution in [1.82, 2.24) is 19.7 Å². The number of alkyl halides is 3. The quantitative estimate of drug-likeness (QED) is 0.641. The fraction of sp³-hybridized carbons (Fsp3) is 0.381. The topological polar surface area (TPSA) is 81.5 Å². The van der Waals surface area contributed by atoms with E-state index in [-0.39, 0.29) is 22.9 Å². The molecule has 0 bridgehead atoms. The number of hydrogen-bond donors (Lipinski definition) is 1. The highest BCUT2D eigenvalue weighted by Crippen LogP contribution is 2.32. The fourth-order valence-corrected chi connectivity index (χ4v) is 3.56. The number of carbonyl (C=O) groups excluding carboxylic acids is 1. The minimum atomic E-state index is -4.49. The lowest BCUT2D eigenvalue weighted by Crippen LogP contribution is -2.33. The molecule has 1 N–H and O–H groups in total. The van der Waals surface area contributed by atoms with E-state index in [9.17, 15) is 18.0 Å². The zero-order valence-electron chi connectivity index (χ0n) is 17.4. The second-order valence-corrected chi connectivity index (χ2v) is 7.29. The van der Waals surface area contributed by atoms with Crippen LogP contribution in [0.1, 0.15) is 16.9 Å². The summed E-state index contributed by atoms with van der Waals surface area (Å²) in [5, 5.41) is 7.49. The molecule has 0 radical (unpaired) electrons. The monoisotopic (exact) mass is 449 g/mol. The fourth-order valence-electron chi connectivity index (χ4n) is 3.56. The van der Waals surface area contributed by atoms with Crippen LogP contribution in [0, 0.1) is 0 Å². The molecule has 1 fully saturated rings. The van der Waals surface area contributed by atoms with Gasteiger partial charge in [-0.15, -0.1) is 0 Å². The molecule has 4 rings (SSSR count). The maximum atomic E-state index is 13.2. The Bertz CT molecular complexity index is 1110. The van der Waals surface area contributed by atoms with Crippen LogP contribution in [0.5, 0.6) is 5.75 Å². The molecule has 1 aliphatic rings.